The molecule has 0 saturated carbocycles. The number of nitrogens with zero attached hydrogens (tertiary/aromatic N) is 1. The molecule has 0 heterocycles. The summed E-state index contributed by atoms with van der Waals surface area (Å²) in [4.78, 5) is 11.6. The van der Waals surface area contributed by atoms with Gasteiger partial charge in [0.25, 0.3) is 0 Å². The minimum Gasteiger partial charge on any atom is -0.294 e. The highest BCUT2D eigenvalue weighted by molar-refractivity contribution is 5.97. The van der Waals surface area contributed by atoms with Crippen molar-refractivity contribution in [2.75, 3.05) is 0 Å². The van der Waals surface area contributed by atoms with Gasteiger partial charge in [-0.1, -0.05) is 6.92 Å². The zero-order valence-corrected chi connectivity index (χ0v) is 8.13. The molecule has 1 rings (SSSR count). The van der Waals surface area contributed by atoms with E-state index in [2.05, 4.69) is 0 Å². The Morgan fingerprint density at radius 1 is 1.47 bits per heavy atom. The molecule has 0 aromatic heterocycles. The number of benzene rings is 1. The maximum absolute atomic E-state index is 12.8. The molecule has 4 heteroatoms. The molecule has 2 nitrogen and oxygen atoms in total. The Morgan fingerprint density at radius 3 is 2.67 bits per heavy atom. The number of carbonyl (C=O) groups is 1. The first-order chi connectivity index (χ1) is 7.06. The fraction of sp³-hybridized carbons (Fsp3) is 0.273. The van der Waals surface area contributed by atoms with E-state index in [1.54, 1.807) is 6.92 Å². The molecule has 0 aliphatic carbocycles. The van der Waals surface area contributed by atoms with Crippen LogP contribution in [0.3, 0.4) is 0 Å². The van der Waals surface area contributed by atoms with Gasteiger partial charge in [0.15, 0.2) is 17.4 Å². The van der Waals surface area contributed by atoms with Crippen LogP contribution < -0.4 is 0 Å². The quantitative estimate of drug-likeness (QED) is 0.718. The zero-order chi connectivity index (χ0) is 11.4. The molecule has 0 aliphatic heterocycles. The van der Waals surface area contributed by atoms with Crippen LogP contribution in [-0.4, -0.2) is 5.78 Å². The van der Waals surface area contributed by atoms with Gasteiger partial charge in [0.1, 0.15) is 0 Å². The minimum absolute atomic E-state index is 0.0673. The van der Waals surface area contributed by atoms with E-state index in [0.29, 0.717) is 0 Å². The molecule has 0 bridgehead atoms. The van der Waals surface area contributed by atoms with E-state index >= 15 is 0 Å². The van der Waals surface area contributed by atoms with Gasteiger partial charge in [-0.25, -0.2) is 8.78 Å². The van der Waals surface area contributed by atoms with Crippen LogP contribution in [0.15, 0.2) is 18.2 Å². The summed E-state index contributed by atoms with van der Waals surface area (Å²) in [5.41, 5.74) is 0.0941. The molecule has 1 aromatic rings. The van der Waals surface area contributed by atoms with E-state index in [0.717, 1.165) is 12.1 Å². The number of hydrogen-bond donors (Lipinski definition) is 0. The summed E-state index contributed by atoms with van der Waals surface area (Å²) in [6.45, 7) is 1.58. The van der Waals surface area contributed by atoms with E-state index in [-0.39, 0.29) is 17.8 Å². The molecule has 0 amide bonds. The van der Waals surface area contributed by atoms with Gasteiger partial charge >= 0.3 is 0 Å². The van der Waals surface area contributed by atoms with Crippen molar-refractivity contribution >= 4 is 5.78 Å². The van der Waals surface area contributed by atoms with Crippen molar-refractivity contribution in [2.24, 2.45) is 5.92 Å². The molecule has 0 fully saturated rings. The van der Waals surface area contributed by atoms with Crippen molar-refractivity contribution in [3.63, 3.8) is 0 Å². The van der Waals surface area contributed by atoms with Gasteiger partial charge in [-0.15, -0.1) is 0 Å². The third-order valence-electron chi connectivity index (χ3n) is 2.05. The third-order valence-corrected chi connectivity index (χ3v) is 2.05. The minimum atomic E-state index is -1.05. The van der Waals surface area contributed by atoms with E-state index in [1.807, 2.05) is 6.07 Å². The van der Waals surface area contributed by atoms with Gasteiger partial charge in [-0.3, -0.25) is 4.79 Å². The van der Waals surface area contributed by atoms with Gasteiger partial charge < -0.3 is 0 Å². The molecule has 0 aliphatic rings. The van der Waals surface area contributed by atoms with Crippen LogP contribution >= 0.6 is 0 Å². The highest BCUT2D eigenvalue weighted by atomic mass is 19.2. The predicted octanol–water partition coefficient (Wildman–Crippen LogP) is 2.70. The summed E-state index contributed by atoms with van der Waals surface area (Å²) in [5, 5.41) is 8.39. The first kappa shape index (κ1) is 11.3. The standard InChI is InChI=1S/C11H9F2NO/c1-7(4-5-14)11(15)8-2-3-9(12)10(13)6-8/h2-3,6-7H,4H2,1H3. The second kappa shape index (κ2) is 4.65. The molecule has 0 radical (unpaired) electrons. The van der Waals surface area contributed by atoms with E-state index in [1.165, 1.54) is 6.07 Å². The number of carbonyl (C=O) groups excluding carboxylic acids is 1. The van der Waals surface area contributed by atoms with Crippen LogP contribution in [0.25, 0.3) is 0 Å². The molecule has 0 spiro atoms. The highest BCUT2D eigenvalue weighted by Gasteiger charge is 2.16. The van der Waals surface area contributed by atoms with Crippen molar-refractivity contribution < 1.29 is 13.6 Å². The maximum Gasteiger partial charge on any atom is 0.166 e. The van der Waals surface area contributed by atoms with E-state index in [9.17, 15) is 13.6 Å². The molecule has 15 heavy (non-hydrogen) atoms. The highest BCUT2D eigenvalue weighted by Crippen LogP contribution is 2.14. The van der Waals surface area contributed by atoms with Crippen LogP contribution in [-0.2, 0) is 0 Å². The van der Waals surface area contributed by atoms with Crippen molar-refractivity contribution in [3.05, 3.63) is 35.4 Å². The first-order valence-corrected chi connectivity index (χ1v) is 4.42. The van der Waals surface area contributed by atoms with E-state index < -0.39 is 17.6 Å². The average Bonchev–Trinajstić information content (AvgIpc) is 2.21. The Kier molecular flexibility index (Phi) is 3.51. The second-order valence-corrected chi connectivity index (χ2v) is 3.26. The van der Waals surface area contributed by atoms with Crippen molar-refractivity contribution in [1.29, 1.82) is 5.26 Å². The second-order valence-electron chi connectivity index (χ2n) is 3.26. The molecule has 0 N–H and O–H groups in total. The summed E-state index contributed by atoms with van der Waals surface area (Å²) in [5.74, 6) is -2.89. The predicted molar refractivity (Wildman–Crippen MR) is 50.1 cm³/mol. The van der Waals surface area contributed by atoms with Gasteiger partial charge in [0.2, 0.25) is 0 Å². The summed E-state index contributed by atoms with van der Waals surface area (Å²) < 4.78 is 25.4. The smallest absolute Gasteiger partial charge is 0.166 e. The van der Waals surface area contributed by atoms with Gasteiger partial charge in [-0.2, -0.15) is 5.26 Å². The van der Waals surface area contributed by atoms with Crippen molar-refractivity contribution in [2.45, 2.75) is 13.3 Å². The topological polar surface area (TPSA) is 40.9 Å². The number of ketones is 1. The summed E-state index contributed by atoms with van der Waals surface area (Å²) >= 11 is 0. The molecular formula is C11H9F2NO. The Bertz CT molecular complexity index is 423. The molecule has 78 valence electrons. The largest absolute Gasteiger partial charge is 0.294 e. The van der Waals surface area contributed by atoms with Crippen LogP contribution in [0.2, 0.25) is 0 Å². The lowest BCUT2D eigenvalue weighted by Crippen LogP contribution is -2.11. The normalized spacial score (nSPS) is 11.9. The van der Waals surface area contributed by atoms with Gasteiger partial charge in [0, 0.05) is 17.9 Å². The van der Waals surface area contributed by atoms with Crippen molar-refractivity contribution in [1.82, 2.24) is 0 Å². The molecular weight excluding hydrogens is 200 g/mol. The number of nitriles is 1. The maximum atomic E-state index is 12.8. The number of rotatable bonds is 3. The Balaban J connectivity index is 2.93. The lowest BCUT2D eigenvalue weighted by Gasteiger charge is -2.06. The van der Waals surface area contributed by atoms with Crippen LogP contribution in [0.5, 0.6) is 0 Å². The molecule has 1 unspecified atom stereocenters. The fourth-order valence-electron chi connectivity index (χ4n) is 1.16. The lowest BCUT2D eigenvalue weighted by atomic mass is 9.97. The Morgan fingerprint density at radius 2 is 2.13 bits per heavy atom. The molecule has 1 atom stereocenters. The fourth-order valence-corrected chi connectivity index (χ4v) is 1.16. The summed E-state index contributed by atoms with van der Waals surface area (Å²) in [6.07, 6.45) is 0.0673. The van der Waals surface area contributed by atoms with Gasteiger partial charge in [0.05, 0.1) is 6.07 Å². The monoisotopic (exact) mass is 209 g/mol. The molecule has 0 saturated heterocycles. The first-order valence-electron chi connectivity index (χ1n) is 4.42. The Hall–Kier alpha value is -1.76. The molecule has 1 aromatic carbocycles. The van der Waals surface area contributed by atoms with Crippen molar-refractivity contribution in [3.8, 4) is 6.07 Å². The van der Waals surface area contributed by atoms with Crippen LogP contribution in [0.1, 0.15) is 23.7 Å². The van der Waals surface area contributed by atoms with Crippen LogP contribution in [0, 0.1) is 28.9 Å². The zero-order valence-electron chi connectivity index (χ0n) is 8.13. The number of hydrogen-bond acceptors (Lipinski definition) is 2. The van der Waals surface area contributed by atoms with Gasteiger partial charge in [-0.05, 0) is 18.2 Å². The third kappa shape index (κ3) is 2.59. The van der Waals surface area contributed by atoms with Crippen LogP contribution in [0.4, 0.5) is 8.78 Å². The Labute approximate surface area is 86.1 Å². The lowest BCUT2D eigenvalue weighted by molar-refractivity contribution is 0.0931. The number of Topliss-reactive ketones (excluding diaryl/α,β-unsaturated/α-hetero) is 1. The average molecular weight is 209 g/mol. The van der Waals surface area contributed by atoms with E-state index in [4.69, 9.17) is 5.26 Å². The summed E-state index contributed by atoms with van der Waals surface area (Å²) in [6, 6.07) is 4.83. The SMILES string of the molecule is CC(CC#N)C(=O)c1ccc(F)c(F)c1. The number of halogens is 2. The summed E-state index contributed by atoms with van der Waals surface area (Å²) in [7, 11) is 0.